The van der Waals surface area contributed by atoms with Gasteiger partial charge in [0.05, 0.1) is 20.3 Å². The minimum atomic E-state index is 0.355. The van der Waals surface area contributed by atoms with Crippen LogP contribution in [0.15, 0.2) is 24.3 Å². The van der Waals surface area contributed by atoms with E-state index in [0.29, 0.717) is 18.8 Å². The van der Waals surface area contributed by atoms with E-state index in [2.05, 4.69) is 26.0 Å². The molecule has 0 saturated carbocycles. The van der Waals surface area contributed by atoms with E-state index in [1.807, 2.05) is 25.1 Å². The molecule has 128 valence electrons. The Morgan fingerprint density at radius 2 is 1.96 bits per heavy atom. The number of methoxy groups -OCH3 is 1. The van der Waals surface area contributed by atoms with Crippen molar-refractivity contribution in [1.29, 1.82) is 0 Å². The number of allylic oxidation sites excluding steroid dienone is 1. The molecule has 0 unspecified atom stereocenters. The minimum absolute atomic E-state index is 0.355. The van der Waals surface area contributed by atoms with Gasteiger partial charge in [-0.2, -0.15) is 0 Å². The number of hydrogen-bond donors (Lipinski definition) is 1. The summed E-state index contributed by atoms with van der Waals surface area (Å²) in [4.78, 5) is 1.61. The van der Waals surface area contributed by atoms with Crippen molar-refractivity contribution in [3.63, 3.8) is 0 Å². The molecule has 1 aliphatic heterocycles. The zero-order valence-electron chi connectivity index (χ0n) is 14.8. The van der Waals surface area contributed by atoms with Crippen LogP contribution in [0.4, 0.5) is 0 Å². The van der Waals surface area contributed by atoms with Crippen molar-refractivity contribution in [3.8, 4) is 11.5 Å². The van der Waals surface area contributed by atoms with Crippen molar-refractivity contribution in [2.75, 3.05) is 33.4 Å². The Balaban J connectivity index is 1.79. The van der Waals surface area contributed by atoms with Crippen LogP contribution in [0.2, 0.25) is 0 Å². The molecule has 4 nitrogen and oxygen atoms in total. The van der Waals surface area contributed by atoms with Crippen LogP contribution in [0.3, 0.4) is 0 Å². The number of ether oxygens (including phenoxy) is 3. The van der Waals surface area contributed by atoms with Crippen molar-refractivity contribution in [2.24, 2.45) is 0 Å². The monoisotopic (exact) mass is 320 g/mol. The molecule has 1 fully saturated rings. The van der Waals surface area contributed by atoms with Crippen molar-refractivity contribution in [3.05, 3.63) is 29.8 Å². The zero-order valence-corrected chi connectivity index (χ0v) is 14.8. The Kier molecular flexibility index (Phi) is 6.93. The maximum atomic E-state index is 5.91. The van der Waals surface area contributed by atoms with Gasteiger partial charge in [0.1, 0.15) is 25.3 Å². The van der Waals surface area contributed by atoms with Gasteiger partial charge in [-0.25, -0.2) is 0 Å². The fraction of sp³-hybridized carbons (Fsp3) is 0.579. The highest BCUT2D eigenvalue weighted by Crippen LogP contribution is 2.28. The molecule has 0 bridgehead atoms. The minimum Gasteiger partial charge on any atom is -0.493 e. The Labute approximate surface area is 140 Å². The first-order valence-electron chi connectivity index (χ1n) is 8.55. The molecule has 0 radical (unpaired) electrons. The quantitative estimate of drug-likeness (QED) is 0.782. The van der Waals surface area contributed by atoms with Gasteiger partial charge in [-0.15, -0.1) is 0 Å². The number of hydrogen-bond acceptors (Lipinski definition) is 3. The molecule has 1 saturated heterocycles. The second-order valence-electron chi connectivity index (χ2n) is 6.28. The van der Waals surface area contributed by atoms with Crippen LogP contribution >= 0.6 is 0 Å². The summed E-state index contributed by atoms with van der Waals surface area (Å²) >= 11 is 0. The summed E-state index contributed by atoms with van der Waals surface area (Å²) in [5.41, 5.74) is 1.12. The van der Waals surface area contributed by atoms with Crippen molar-refractivity contribution in [1.82, 2.24) is 0 Å². The highest BCUT2D eigenvalue weighted by atomic mass is 16.5. The van der Waals surface area contributed by atoms with Gasteiger partial charge in [0.25, 0.3) is 0 Å². The van der Waals surface area contributed by atoms with Crippen LogP contribution in [-0.2, 0) is 4.74 Å². The first kappa shape index (κ1) is 17.8. The second kappa shape index (κ2) is 8.94. The normalized spacial score (nSPS) is 24.8. The molecular weight excluding hydrogens is 290 g/mol. The van der Waals surface area contributed by atoms with E-state index in [4.69, 9.17) is 14.2 Å². The predicted molar refractivity (Wildman–Crippen MR) is 93.4 cm³/mol. The molecule has 0 aliphatic carbocycles. The lowest BCUT2D eigenvalue weighted by Crippen LogP contribution is -3.15. The molecule has 1 aromatic carbocycles. The Hall–Kier alpha value is -1.52. The molecule has 23 heavy (non-hydrogen) atoms. The number of benzene rings is 1. The van der Waals surface area contributed by atoms with Crippen molar-refractivity contribution in [2.45, 2.75) is 39.4 Å². The molecule has 4 heteroatoms. The highest BCUT2D eigenvalue weighted by Gasteiger charge is 2.24. The standard InChI is InChI=1S/C19H29NO3/c1-5-7-17-8-9-18(19(12-17)21-4)22-11-6-10-20-13-15(2)23-16(3)14-20/h5,7-9,12,15-16H,6,10-11,13-14H2,1-4H3/p+1/b7-5+/t15-,16-/m1/s1. The number of quaternary nitrogens is 1. The lowest BCUT2D eigenvalue weighted by atomic mass is 10.2. The van der Waals surface area contributed by atoms with Crippen LogP contribution in [0, 0.1) is 0 Å². The highest BCUT2D eigenvalue weighted by molar-refractivity contribution is 5.55. The fourth-order valence-corrected chi connectivity index (χ4v) is 3.20. The van der Waals surface area contributed by atoms with Gasteiger partial charge in [0.15, 0.2) is 11.5 Å². The third-order valence-corrected chi connectivity index (χ3v) is 4.10. The molecular formula is C19H30NO3+. The van der Waals surface area contributed by atoms with Gasteiger partial charge in [-0.05, 0) is 38.5 Å². The molecule has 2 atom stereocenters. The molecule has 0 aromatic heterocycles. The third-order valence-electron chi connectivity index (χ3n) is 4.10. The Morgan fingerprint density at radius 1 is 1.22 bits per heavy atom. The van der Waals surface area contributed by atoms with E-state index in [1.54, 1.807) is 12.0 Å². The maximum absolute atomic E-state index is 5.91. The van der Waals surface area contributed by atoms with Gasteiger partial charge in [-0.1, -0.05) is 18.2 Å². The van der Waals surface area contributed by atoms with Crippen molar-refractivity contribution >= 4 is 6.08 Å². The maximum Gasteiger partial charge on any atom is 0.161 e. The summed E-state index contributed by atoms with van der Waals surface area (Å²) in [6.45, 7) is 10.3. The molecule has 1 aliphatic rings. The summed E-state index contributed by atoms with van der Waals surface area (Å²) < 4.78 is 17.1. The van der Waals surface area contributed by atoms with E-state index < -0.39 is 0 Å². The third kappa shape index (κ3) is 5.56. The van der Waals surface area contributed by atoms with E-state index in [-0.39, 0.29) is 0 Å². The van der Waals surface area contributed by atoms with E-state index in [9.17, 15) is 0 Å². The van der Waals surface area contributed by atoms with Crippen LogP contribution in [0.25, 0.3) is 6.08 Å². The second-order valence-corrected chi connectivity index (χ2v) is 6.28. The van der Waals surface area contributed by atoms with Gasteiger partial charge in [0.2, 0.25) is 0 Å². The van der Waals surface area contributed by atoms with E-state index in [1.165, 1.54) is 0 Å². The average molecular weight is 320 g/mol. The van der Waals surface area contributed by atoms with E-state index in [0.717, 1.165) is 43.1 Å². The SMILES string of the molecule is C/C=C/c1ccc(OCCC[NH+]2C[C@@H](C)O[C@H](C)C2)c(OC)c1. The largest absolute Gasteiger partial charge is 0.493 e. The molecule has 0 spiro atoms. The lowest BCUT2D eigenvalue weighted by Gasteiger charge is -2.32. The van der Waals surface area contributed by atoms with Gasteiger partial charge in [-0.3, -0.25) is 0 Å². The zero-order chi connectivity index (χ0) is 16.7. The van der Waals surface area contributed by atoms with Gasteiger partial charge < -0.3 is 19.1 Å². The van der Waals surface area contributed by atoms with Crippen LogP contribution in [0.5, 0.6) is 11.5 Å². The molecule has 1 N–H and O–H groups in total. The molecule has 0 amide bonds. The molecule has 2 rings (SSSR count). The summed E-state index contributed by atoms with van der Waals surface area (Å²) in [6, 6.07) is 6.04. The molecule has 1 aromatic rings. The van der Waals surface area contributed by atoms with Crippen LogP contribution in [-0.4, -0.2) is 45.6 Å². The predicted octanol–water partition coefficient (Wildman–Crippen LogP) is 2.19. The molecule has 1 heterocycles. The summed E-state index contributed by atoms with van der Waals surface area (Å²) in [7, 11) is 1.68. The first-order valence-corrected chi connectivity index (χ1v) is 8.55. The lowest BCUT2D eigenvalue weighted by molar-refractivity contribution is -0.915. The number of rotatable bonds is 7. The Bertz CT molecular complexity index is 505. The smallest absolute Gasteiger partial charge is 0.161 e. The average Bonchev–Trinajstić information content (AvgIpc) is 2.52. The fourth-order valence-electron chi connectivity index (χ4n) is 3.20. The van der Waals surface area contributed by atoms with Crippen LogP contribution < -0.4 is 14.4 Å². The summed E-state index contributed by atoms with van der Waals surface area (Å²) in [5.74, 6) is 1.61. The van der Waals surface area contributed by atoms with Gasteiger partial charge >= 0.3 is 0 Å². The summed E-state index contributed by atoms with van der Waals surface area (Å²) in [6.07, 6.45) is 5.82. The van der Waals surface area contributed by atoms with Crippen LogP contribution in [0.1, 0.15) is 32.8 Å². The Morgan fingerprint density at radius 3 is 2.61 bits per heavy atom. The van der Waals surface area contributed by atoms with E-state index >= 15 is 0 Å². The summed E-state index contributed by atoms with van der Waals surface area (Å²) in [5, 5.41) is 0. The number of nitrogens with one attached hydrogen (secondary N) is 1. The number of morpholine rings is 1. The first-order chi connectivity index (χ1) is 11.1. The van der Waals surface area contributed by atoms with Crippen molar-refractivity contribution < 1.29 is 19.1 Å². The topological polar surface area (TPSA) is 32.1 Å². The van der Waals surface area contributed by atoms with Gasteiger partial charge in [0, 0.05) is 6.42 Å².